The molecule has 0 amide bonds. The minimum atomic E-state index is 0.129. The summed E-state index contributed by atoms with van der Waals surface area (Å²) in [4.78, 5) is 2.45. The number of hydrogen-bond donors (Lipinski definition) is 1. The molecule has 0 fully saturated rings. The smallest absolute Gasteiger partial charge is 0.0681 e. The minimum absolute atomic E-state index is 0.129. The van der Waals surface area contributed by atoms with Crippen LogP contribution in [0.3, 0.4) is 0 Å². The van der Waals surface area contributed by atoms with Gasteiger partial charge in [-0.3, -0.25) is 0 Å². The maximum atomic E-state index is 9.04. The van der Waals surface area contributed by atoms with Gasteiger partial charge in [0.05, 0.1) is 6.61 Å². The molecule has 0 bridgehead atoms. The molecule has 0 aliphatic heterocycles. The second-order valence-corrected chi connectivity index (χ2v) is 4.52. The zero-order valence-electron chi connectivity index (χ0n) is 11.2. The molecular formula is C15H25NO. The van der Waals surface area contributed by atoms with E-state index in [-0.39, 0.29) is 6.61 Å². The van der Waals surface area contributed by atoms with Gasteiger partial charge in [-0.1, -0.05) is 38.8 Å². The van der Waals surface area contributed by atoms with E-state index >= 15 is 0 Å². The number of hydrogen-bond acceptors (Lipinski definition) is 2. The number of rotatable bonds is 8. The van der Waals surface area contributed by atoms with Gasteiger partial charge in [-0.25, -0.2) is 0 Å². The van der Waals surface area contributed by atoms with Gasteiger partial charge in [0.25, 0.3) is 0 Å². The number of aliphatic hydroxyl groups excluding tert-OH is 1. The summed E-state index contributed by atoms with van der Waals surface area (Å²) in [5.41, 5.74) is 2.27. The molecule has 2 nitrogen and oxygen atoms in total. The van der Waals surface area contributed by atoms with Crippen molar-refractivity contribution in [3.8, 4) is 0 Å². The van der Waals surface area contributed by atoms with Crippen molar-refractivity contribution in [3.05, 3.63) is 29.8 Å². The normalized spacial score (nSPS) is 10.5. The van der Waals surface area contributed by atoms with Crippen molar-refractivity contribution in [2.24, 2.45) is 0 Å². The average Bonchev–Trinajstić information content (AvgIpc) is 2.39. The van der Waals surface area contributed by atoms with Gasteiger partial charge in [0.2, 0.25) is 0 Å². The van der Waals surface area contributed by atoms with Gasteiger partial charge in [-0.05, 0) is 30.5 Å². The van der Waals surface area contributed by atoms with Gasteiger partial charge in [0.1, 0.15) is 0 Å². The molecule has 0 saturated heterocycles. The van der Waals surface area contributed by atoms with E-state index in [0.29, 0.717) is 0 Å². The van der Waals surface area contributed by atoms with Crippen LogP contribution in [0.5, 0.6) is 0 Å². The molecule has 17 heavy (non-hydrogen) atoms. The molecule has 0 spiro atoms. The van der Waals surface area contributed by atoms with Crippen LogP contribution in [0.4, 0.5) is 5.69 Å². The lowest BCUT2D eigenvalue weighted by atomic mass is 10.2. The summed E-state index contributed by atoms with van der Waals surface area (Å²) in [5, 5.41) is 9.04. The maximum Gasteiger partial charge on any atom is 0.0681 e. The molecule has 1 rings (SSSR count). The lowest BCUT2D eigenvalue weighted by molar-refractivity contribution is 0.282. The summed E-state index contributed by atoms with van der Waals surface area (Å²) in [6, 6.07) is 8.27. The van der Waals surface area contributed by atoms with E-state index in [0.717, 1.165) is 18.7 Å². The van der Waals surface area contributed by atoms with E-state index in [1.165, 1.54) is 31.4 Å². The summed E-state index contributed by atoms with van der Waals surface area (Å²) >= 11 is 0. The van der Waals surface area contributed by atoms with Gasteiger partial charge < -0.3 is 10.0 Å². The minimum Gasteiger partial charge on any atom is -0.392 e. The summed E-state index contributed by atoms with van der Waals surface area (Å²) in [7, 11) is 0. The van der Waals surface area contributed by atoms with Gasteiger partial charge in [0, 0.05) is 18.8 Å². The summed E-state index contributed by atoms with van der Waals surface area (Å²) in [6.45, 7) is 6.86. The van der Waals surface area contributed by atoms with Crippen LogP contribution in [0.2, 0.25) is 0 Å². The van der Waals surface area contributed by atoms with Crippen LogP contribution < -0.4 is 4.90 Å². The van der Waals surface area contributed by atoms with Crippen LogP contribution in [0.15, 0.2) is 24.3 Å². The lowest BCUT2D eigenvalue weighted by Crippen LogP contribution is -2.25. The van der Waals surface area contributed by atoms with Crippen LogP contribution in [-0.2, 0) is 6.61 Å². The zero-order chi connectivity index (χ0) is 12.5. The standard InChI is InChI=1S/C15H25NO/c1-3-5-11-16(12-6-4-2)15-9-7-14(13-17)8-10-15/h7-10,17H,3-6,11-13H2,1-2H3. The molecule has 0 radical (unpaired) electrons. The molecule has 96 valence electrons. The number of nitrogens with zero attached hydrogens (tertiary/aromatic N) is 1. The Balaban J connectivity index is 2.65. The Morgan fingerprint density at radius 3 is 1.88 bits per heavy atom. The highest BCUT2D eigenvalue weighted by molar-refractivity contribution is 5.47. The highest BCUT2D eigenvalue weighted by Crippen LogP contribution is 2.17. The van der Waals surface area contributed by atoms with E-state index < -0.39 is 0 Å². The van der Waals surface area contributed by atoms with E-state index in [1.54, 1.807) is 0 Å². The molecule has 0 saturated carbocycles. The third-order valence-corrected chi connectivity index (χ3v) is 3.05. The third-order valence-electron chi connectivity index (χ3n) is 3.05. The van der Waals surface area contributed by atoms with Crippen molar-refractivity contribution in [2.75, 3.05) is 18.0 Å². The van der Waals surface area contributed by atoms with Gasteiger partial charge >= 0.3 is 0 Å². The summed E-state index contributed by atoms with van der Waals surface area (Å²) in [5.74, 6) is 0. The molecule has 0 aliphatic rings. The Morgan fingerprint density at radius 1 is 0.941 bits per heavy atom. The molecule has 1 aromatic rings. The van der Waals surface area contributed by atoms with Crippen LogP contribution in [-0.4, -0.2) is 18.2 Å². The van der Waals surface area contributed by atoms with Gasteiger partial charge in [0.15, 0.2) is 0 Å². The molecule has 0 aliphatic carbocycles. The van der Waals surface area contributed by atoms with Gasteiger partial charge in [-0.15, -0.1) is 0 Å². The summed E-state index contributed by atoms with van der Waals surface area (Å²) < 4.78 is 0. The number of anilines is 1. The van der Waals surface area contributed by atoms with Crippen molar-refractivity contribution in [2.45, 2.75) is 46.1 Å². The fraction of sp³-hybridized carbons (Fsp3) is 0.600. The second-order valence-electron chi connectivity index (χ2n) is 4.52. The first kappa shape index (κ1) is 14.0. The fourth-order valence-corrected chi connectivity index (χ4v) is 1.88. The molecule has 0 heterocycles. The first-order valence-corrected chi connectivity index (χ1v) is 6.76. The van der Waals surface area contributed by atoms with E-state index in [1.807, 2.05) is 12.1 Å². The first-order chi connectivity index (χ1) is 8.31. The Labute approximate surface area is 105 Å². The Hall–Kier alpha value is -1.02. The monoisotopic (exact) mass is 235 g/mol. The molecule has 1 aromatic carbocycles. The first-order valence-electron chi connectivity index (χ1n) is 6.76. The van der Waals surface area contributed by atoms with Crippen LogP contribution >= 0.6 is 0 Å². The van der Waals surface area contributed by atoms with E-state index in [4.69, 9.17) is 5.11 Å². The van der Waals surface area contributed by atoms with Crippen LogP contribution in [0.25, 0.3) is 0 Å². The molecular weight excluding hydrogens is 210 g/mol. The molecule has 2 heteroatoms. The molecule has 0 atom stereocenters. The predicted molar refractivity (Wildman–Crippen MR) is 74.4 cm³/mol. The SMILES string of the molecule is CCCCN(CCCC)c1ccc(CO)cc1. The van der Waals surface area contributed by atoms with E-state index in [9.17, 15) is 0 Å². The number of aliphatic hydroxyl groups is 1. The largest absolute Gasteiger partial charge is 0.392 e. The molecule has 0 aromatic heterocycles. The summed E-state index contributed by atoms with van der Waals surface area (Å²) in [6.07, 6.45) is 4.95. The van der Waals surface area contributed by atoms with E-state index in [2.05, 4.69) is 30.9 Å². The second kappa shape index (κ2) is 8.13. The fourth-order valence-electron chi connectivity index (χ4n) is 1.88. The van der Waals surface area contributed by atoms with Crippen molar-refractivity contribution in [1.29, 1.82) is 0 Å². The van der Waals surface area contributed by atoms with Crippen molar-refractivity contribution in [1.82, 2.24) is 0 Å². The molecule has 0 unspecified atom stereocenters. The number of benzene rings is 1. The van der Waals surface area contributed by atoms with Crippen LogP contribution in [0, 0.1) is 0 Å². The van der Waals surface area contributed by atoms with Crippen LogP contribution in [0.1, 0.15) is 45.1 Å². The Kier molecular flexibility index (Phi) is 6.71. The maximum absolute atomic E-state index is 9.04. The topological polar surface area (TPSA) is 23.5 Å². The lowest BCUT2D eigenvalue weighted by Gasteiger charge is -2.24. The highest BCUT2D eigenvalue weighted by Gasteiger charge is 2.05. The van der Waals surface area contributed by atoms with Crippen molar-refractivity contribution in [3.63, 3.8) is 0 Å². The third kappa shape index (κ3) is 4.78. The molecule has 1 N–H and O–H groups in total. The quantitative estimate of drug-likeness (QED) is 0.744. The van der Waals surface area contributed by atoms with Gasteiger partial charge in [-0.2, -0.15) is 0 Å². The number of unbranched alkanes of at least 4 members (excludes halogenated alkanes) is 2. The zero-order valence-corrected chi connectivity index (χ0v) is 11.2. The Bertz CT molecular complexity index is 286. The average molecular weight is 235 g/mol. The van der Waals surface area contributed by atoms with Crippen molar-refractivity contribution < 1.29 is 5.11 Å². The van der Waals surface area contributed by atoms with Crippen molar-refractivity contribution >= 4 is 5.69 Å². The predicted octanol–water partition coefficient (Wildman–Crippen LogP) is 3.59. The highest BCUT2D eigenvalue weighted by atomic mass is 16.3. The Morgan fingerprint density at radius 2 is 1.47 bits per heavy atom.